The molecule has 0 saturated heterocycles. The minimum atomic E-state index is -0.190. The van der Waals surface area contributed by atoms with E-state index in [4.69, 9.17) is 4.42 Å². The van der Waals surface area contributed by atoms with Gasteiger partial charge in [0.1, 0.15) is 11.6 Å². The monoisotopic (exact) mass is 339 g/mol. The molecule has 1 unspecified atom stereocenters. The van der Waals surface area contributed by atoms with Gasteiger partial charge >= 0.3 is 0 Å². The van der Waals surface area contributed by atoms with Crippen LogP contribution in [-0.2, 0) is 12.8 Å². The number of hydrogen-bond donors (Lipinski definition) is 1. The molecule has 2 aromatic rings. The Morgan fingerprint density at radius 2 is 2.20 bits per heavy atom. The molecule has 0 aliphatic rings. The molecule has 2 nitrogen and oxygen atoms in total. The lowest BCUT2D eigenvalue weighted by Gasteiger charge is -2.18. The van der Waals surface area contributed by atoms with E-state index >= 15 is 0 Å². The molecule has 1 atom stereocenters. The van der Waals surface area contributed by atoms with Crippen LogP contribution in [0.15, 0.2) is 45.5 Å². The van der Waals surface area contributed by atoms with Crippen molar-refractivity contribution in [3.8, 4) is 0 Å². The van der Waals surface area contributed by atoms with E-state index in [0.717, 1.165) is 41.6 Å². The Morgan fingerprint density at radius 1 is 1.35 bits per heavy atom. The summed E-state index contributed by atoms with van der Waals surface area (Å²) in [6.45, 7) is 2.98. The molecule has 108 valence electrons. The Morgan fingerprint density at radius 3 is 2.90 bits per heavy atom. The van der Waals surface area contributed by atoms with Crippen LogP contribution in [0.1, 0.15) is 24.7 Å². The molecule has 1 aromatic carbocycles. The van der Waals surface area contributed by atoms with Crippen LogP contribution in [0.4, 0.5) is 4.39 Å². The van der Waals surface area contributed by atoms with E-state index in [1.165, 1.54) is 6.07 Å². The Labute approximate surface area is 127 Å². The first-order valence-corrected chi connectivity index (χ1v) is 7.68. The molecule has 0 fully saturated rings. The number of likely N-dealkylation sites (N-methyl/N-ethyl adjacent to an activating group) is 1. The maximum atomic E-state index is 13.3. The molecular formula is C16H19BrFNO. The van der Waals surface area contributed by atoms with Crippen LogP contribution in [0.5, 0.6) is 0 Å². The van der Waals surface area contributed by atoms with Crippen LogP contribution in [0.25, 0.3) is 0 Å². The van der Waals surface area contributed by atoms with E-state index in [-0.39, 0.29) is 5.82 Å². The second kappa shape index (κ2) is 7.60. The molecule has 0 radical (unpaired) electrons. The van der Waals surface area contributed by atoms with Gasteiger partial charge in [0.2, 0.25) is 0 Å². The van der Waals surface area contributed by atoms with Crippen molar-refractivity contribution in [2.45, 2.75) is 32.2 Å². The Balaban J connectivity index is 1.99. The van der Waals surface area contributed by atoms with E-state index in [9.17, 15) is 4.39 Å². The fourth-order valence-electron chi connectivity index (χ4n) is 2.30. The summed E-state index contributed by atoms with van der Waals surface area (Å²) < 4.78 is 19.7. The third kappa shape index (κ3) is 4.46. The number of hydrogen-bond acceptors (Lipinski definition) is 2. The Kier molecular flexibility index (Phi) is 5.80. The summed E-state index contributed by atoms with van der Waals surface area (Å²) in [5.74, 6) is 0.802. The van der Waals surface area contributed by atoms with Gasteiger partial charge < -0.3 is 9.73 Å². The SMILES string of the molecule is CCNC(CCc1ccco1)Cc1cc(F)ccc1Br. The van der Waals surface area contributed by atoms with Gasteiger partial charge in [-0.15, -0.1) is 0 Å². The summed E-state index contributed by atoms with van der Waals surface area (Å²) >= 11 is 3.49. The molecule has 0 aliphatic carbocycles. The smallest absolute Gasteiger partial charge is 0.123 e. The van der Waals surface area contributed by atoms with Crippen molar-refractivity contribution in [1.29, 1.82) is 0 Å². The highest BCUT2D eigenvalue weighted by Crippen LogP contribution is 2.20. The predicted octanol–water partition coefficient (Wildman–Crippen LogP) is 4.33. The van der Waals surface area contributed by atoms with Crippen LogP contribution in [0, 0.1) is 5.82 Å². The minimum absolute atomic E-state index is 0.190. The summed E-state index contributed by atoms with van der Waals surface area (Å²) in [6.07, 6.45) is 4.34. The van der Waals surface area contributed by atoms with Crippen LogP contribution in [0.3, 0.4) is 0 Å². The van der Waals surface area contributed by atoms with Gasteiger partial charge in [-0.05, 0) is 55.3 Å². The van der Waals surface area contributed by atoms with Crippen molar-refractivity contribution in [1.82, 2.24) is 5.32 Å². The number of furan rings is 1. The third-order valence-electron chi connectivity index (χ3n) is 3.29. The number of aryl methyl sites for hydroxylation is 1. The molecule has 0 spiro atoms. The molecule has 1 aromatic heterocycles. The number of nitrogens with one attached hydrogen (secondary N) is 1. The molecular weight excluding hydrogens is 321 g/mol. The average molecular weight is 340 g/mol. The average Bonchev–Trinajstić information content (AvgIpc) is 2.93. The first-order chi connectivity index (χ1) is 9.69. The first-order valence-electron chi connectivity index (χ1n) is 6.88. The molecule has 20 heavy (non-hydrogen) atoms. The van der Waals surface area contributed by atoms with E-state index in [2.05, 4.69) is 28.2 Å². The van der Waals surface area contributed by atoms with E-state index in [1.807, 2.05) is 12.1 Å². The van der Waals surface area contributed by atoms with Gasteiger partial charge in [0.15, 0.2) is 0 Å². The number of rotatable bonds is 7. The maximum Gasteiger partial charge on any atom is 0.123 e. The van der Waals surface area contributed by atoms with Crippen LogP contribution < -0.4 is 5.32 Å². The lowest BCUT2D eigenvalue weighted by molar-refractivity contribution is 0.447. The molecule has 1 heterocycles. The molecule has 0 saturated carbocycles. The Hall–Kier alpha value is -1.13. The van der Waals surface area contributed by atoms with Gasteiger partial charge in [0.05, 0.1) is 6.26 Å². The molecule has 0 aliphatic heterocycles. The summed E-state index contributed by atoms with van der Waals surface area (Å²) in [5, 5.41) is 3.46. The quantitative estimate of drug-likeness (QED) is 0.811. The van der Waals surface area contributed by atoms with Gasteiger partial charge in [-0.2, -0.15) is 0 Å². The summed E-state index contributed by atoms with van der Waals surface area (Å²) in [6, 6.07) is 9.03. The maximum absolute atomic E-state index is 13.3. The van der Waals surface area contributed by atoms with Crippen LogP contribution in [-0.4, -0.2) is 12.6 Å². The molecule has 1 N–H and O–H groups in total. The van der Waals surface area contributed by atoms with Gasteiger partial charge in [-0.1, -0.05) is 22.9 Å². The van der Waals surface area contributed by atoms with E-state index in [0.29, 0.717) is 6.04 Å². The molecule has 0 amide bonds. The van der Waals surface area contributed by atoms with Gasteiger partial charge in [-0.3, -0.25) is 0 Å². The zero-order valence-electron chi connectivity index (χ0n) is 11.5. The van der Waals surface area contributed by atoms with Crippen molar-refractivity contribution in [3.05, 3.63) is 58.2 Å². The number of halogens is 2. The topological polar surface area (TPSA) is 25.2 Å². The minimum Gasteiger partial charge on any atom is -0.469 e. The molecule has 4 heteroatoms. The number of benzene rings is 1. The summed E-state index contributed by atoms with van der Waals surface area (Å²) in [7, 11) is 0. The standard InChI is InChI=1S/C16H19BrFNO/c1-2-19-14(6-7-15-4-3-9-20-15)11-12-10-13(18)5-8-16(12)17/h3-5,8-10,14,19H,2,6-7,11H2,1H3. The highest BCUT2D eigenvalue weighted by Gasteiger charge is 2.12. The lowest BCUT2D eigenvalue weighted by Crippen LogP contribution is -2.31. The third-order valence-corrected chi connectivity index (χ3v) is 4.06. The summed E-state index contributed by atoms with van der Waals surface area (Å²) in [5.41, 5.74) is 0.996. The molecule has 0 bridgehead atoms. The highest BCUT2D eigenvalue weighted by molar-refractivity contribution is 9.10. The van der Waals surface area contributed by atoms with Gasteiger partial charge in [-0.25, -0.2) is 4.39 Å². The largest absolute Gasteiger partial charge is 0.469 e. The van der Waals surface area contributed by atoms with Gasteiger partial charge in [0.25, 0.3) is 0 Å². The fraction of sp³-hybridized carbons (Fsp3) is 0.375. The fourth-order valence-corrected chi connectivity index (χ4v) is 2.71. The van der Waals surface area contributed by atoms with Crippen molar-refractivity contribution < 1.29 is 8.81 Å². The molecule has 2 rings (SSSR count). The Bertz CT molecular complexity index is 527. The summed E-state index contributed by atoms with van der Waals surface area (Å²) in [4.78, 5) is 0. The first kappa shape index (κ1) is 15.3. The van der Waals surface area contributed by atoms with Crippen LogP contribution >= 0.6 is 15.9 Å². The zero-order chi connectivity index (χ0) is 14.4. The highest BCUT2D eigenvalue weighted by atomic mass is 79.9. The second-order valence-corrected chi connectivity index (χ2v) is 5.67. The second-order valence-electron chi connectivity index (χ2n) is 4.81. The normalized spacial score (nSPS) is 12.6. The van der Waals surface area contributed by atoms with Crippen molar-refractivity contribution >= 4 is 15.9 Å². The zero-order valence-corrected chi connectivity index (χ0v) is 13.1. The van der Waals surface area contributed by atoms with Crippen molar-refractivity contribution in [2.75, 3.05) is 6.54 Å². The van der Waals surface area contributed by atoms with E-state index in [1.54, 1.807) is 18.4 Å². The van der Waals surface area contributed by atoms with Gasteiger partial charge in [0, 0.05) is 16.9 Å². The lowest BCUT2D eigenvalue weighted by atomic mass is 10.0. The van der Waals surface area contributed by atoms with E-state index < -0.39 is 0 Å². The van der Waals surface area contributed by atoms with Crippen molar-refractivity contribution in [2.24, 2.45) is 0 Å². The van der Waals surface area contributed by atoms with Crippen LogP contribution in [0.2, 0.25) is 0 Å². The predicted molar refractivity (Wildman–Crippen MR) is 82.3 cm³/mol. The van der Waals surface area contributed by atoms with Crippen molar-refractivity contribution in [3.63, 3.8) is 0 Å².